The molecule has 1 aromatic carbocycles. The van der Waals surface area contributed by atoms with E-state index in [2.05, 4.69) is 20.7 Å². The fraction of sp³-hybridized carbons (Fsp3) is 0.250. The summed E-state index contributed by atoms with van der Waals surface area (Å²) >= 11 is 2.89. The summed E-state index contributed by atoms with van der Waals surface area (Å²) in [5, 5.41) is 0. The Morgan fingerprint density at radius 1 is 1.27 bits per heavy atom. The van der Waals surface area contributed by atoms with E-state index in [0.29, 0.717) is 4.47 Å². The van der Waals surface area contributed by atoms with Gasteiger partial charge in [-0.05, 0) is 18.2 Å². The van der Waals surface area contributed by atoms with Crippen LogP contribution in [0.2, 0.25) is 0 Å². The number of benzene rings is 1. The lowest BCUT2D eigenvalue weighted by atomic mass is 10.3. The zero-order chi connectivity index (χ0) is 11.6. The molecule has 0 fully saturated rings. The molecular weight excluding hydrogens is 287 g/mol. The van der Waals surface area contributed by atoms with E-state index in [-0.39, 0.29) is 0 Å². The molecule has 0 N–H and O–H groups in total. The standard InChI is InChI=1S/C8H4BrF5O/c9-4-1-2-6(5(10)3-4)15-7(11)8(12,13)14/h1-3,7H. The van der Waals surface area contributed by atoms with Crippen LogP contribution in [0.4, 0.5) is 22.0 Å². The van der Waals surface area contributed by atoms with Crippen molar-refractivity contribution < 1.29 is 26.7 Å². The van der Waals surface area contributed by atoms with Crippen molar-refractivity contribution in [3.8, 4) is 5.75 Å². The summed E-state index contributed by atoms with van der Waals surface area (Å²) in [6.07, 6.45) is -8.70. The normalized spacial score (nSPS) is 13.7. The third-order valence-electron chi connectivity index (χ3n) is 1.38. The highest BCUT2D eigenvalue weighted by molar-refractivity contribution is 9.10. The highest BCUT2D eigenvalue weighted by Gasteiger charge is 2.42. The van der Waals surface area contributed by atoms with Gasteiger partial charge in [0.25, 0.3) is 0 Å². The van der Waals surface area contributed by atoms with Gasteiger partial charge in [-0.25, -0.2) is 4.39 Å². The lowest BCUT2D eigenvalue weighted by Crippen LogP contribution is -2.30. The number of halogens is 6. The topological polar surface area (TPSA) is 9.23 Å². The Kier molecular flexibility index (Phi) is 3.54. The Morgan fingerprint density at radius 3 is 2.33 bits per heavy atom. The zero-order valence-corrected chi connectivity index (χ0v) is 8.57. The van der Waals surface area contributed by atoms with Gasteiger partial charge >= 0.3 is 12.5 Å². The Bertz CT molecular complexity index is 351. The third kappa shape index (κ3) is 3.33. The molecule has 0 aliphatic carbocycles. The van der Waals surface area contributed by atoms with Gasteiger partial charge in [-0.15, -0.1) is 0 Å². The van der Waals surface area contributed by atoms with Crippen LogP contribution in [0.25, 0.3) is 0 Å². The molecule has 0 heterocycles. The first-order valence-corrected chi connectivity index (χ1v) is 4.42. The molecule has 1 nitrogen and oxygen atoms in total. The van der Waals surface area contributed by atoms with Gasteiger partial charge in [-0.1, -0.05) is 15.9 Å². The maximum atomic E-state index is 12.9. The molecule has 0 amide bonds. The molecule has 0 bridgehead atoms. The monoisotopic (exact) mass is 290 g/mol. The van der Waals surface area contributed by atoms with Gasteiger partial charge in [0.05, 0.1) is 0 Å². The van der Waals surface area contributed by atoms with Crippen LogP contribution >= 0.6 is 15.9 Å². The summed E-state index contributed by atoms with van der Waals surface area (Å²) in [6, 6.07) is 3.01. The maximum absolute atomic E-state index is 12.9. The lowest BCUT2D eigenvalue weighted by molar-refractivity contribution is -0.237. The fourth-order valence-electron chi connectivity index (χ4n) is 0.749. The van der Waals surface area contributed by atoms with Crippen LogP contribution in [-0.4, -0.2) is 12.5 Å². The average molecular weight is 291 g/mol. The van der Waals surface area contributed by atoms with Crippen molar-refractivity contribution in [2.45, 2.75) is 12.5 Å². The minimum Gasteiger partial charge on any atom is -0.449 e. The summed E-state index contributed by atoms with van der Waals surface area (Å²) in [5.74, 6) is -1.86. The lowest BCUT2D eigenvalue weighted by Gasteiger charge is -2.14. The summed E-state index contributed by atoms with van der Waals surface area (Å²) in [6.45, 7) is 0. The second-order valence-electron chi connectivity index (χ2n) is 2.55. The molecule has 0 saturated carbocycles. The summed E-state index contributed by atoms with van der Waals surface area (Å²) in [5.41, 5.74) is 0. The Balaban J connectivity index is 2.82. The van der Waals surface area contributed by atoms with E-state index >= 15 is 0 Å². The second-order valence-corrected chi connectivity index (χ2v) is 3.47. The first kappa shape index (κ1) is 12.2. The minimum absolute atomic E-state index is 0.315. The van der Waals surface area contributed by atoms with E-state index in [1.54, 1.807) is 0 Å². The Labute approximate surface area is 90.0 Å². The highest BCUT2D eigenvalue weighted by Crippen LogP contribution is 2.28. The highest BCUT2D eigenvalue weighted by atomic mass is 79.9. The van der Waals surface area contributed by atoms with Crippen molar-refractivity contribution in [2.24, 2.45) is 0 Å². The molecule has 1 rings (SSSR count). The molecule has 84 valence electrons. The molecule has 0 aliphatic rings. The number of alkyl halides is 4. The summed E-state index contributed by atoms with van der Waals surface area (Å²) < 4.78 is 64.5. The first-order valence-electron chi connectivity index (χ1n) is 3.63. The number of hydrogen-bond donors (Lipinski definition) is 0. The molecule has 0 radical (unpaired) electrons. The van der Waals surface area contributed by atoms with Gasteiger partial charge in [0.15, 0.2) is 11.6 Å². The van der Waals surface area contributed by atoms with E-state index in [1.807, 2.05) is 0 Å². The van der Waals surface area contributed by atoms with Crippen molar-refractivity contribution >= 4 is 15.9 Å². The van der Waals surface area contributed by atoms with Gasteiger partial charge in [0.2, 0.25) is 0 Å². The molecule has 1 atom stereocenters. The van der Waals surface area contributed by atoms with Crippen LogP contribution in [0.15, 0.2) is 22.7 Å². The third-order valence-corrected chi connectivity index (χ3v) is 1.87. The molecule has 0 spiro atoms. The maximum Gasteiger partial charge on any atom is 0.457 e. The number of rotatable bonds is 2. The Morgan fingerprint density at radius 2 is 1.87 bits per heavy atom. The molecule has 15 heavy (non-hydrogen) atoms. The quantitative estimate of drug-likeness (QED) is 0.753. The van der Waals surface area contributed by atoms with Gasteiger partial charge < -0.3 is 4.74 Å². The van der Waals surface area contributed by atoms with Gasteiger partial charge in [-0.2, -0.15) is 17.6 Å². The number of ether oxygens (including phenoxy) is 1. The molecule has 7 heteroatoms. The van der Waals surface area contributed by atoms with Crippen molar-refractivity contribution in [1.82, 2.24) is 0 Å². The molecule has 0 aliphatic heterocycles. The van der Waals surface area contributed by atoms with Crippen LogP contribution < -0.4 is 4.74 Å². The van der Waals surface area contributed by atoms with E-state index in [0.717, 1.165) is 12.1 Å². The van der Waals surface area contributed by atoms with Gasteiger partial charge in [0.1, 0.15) is 0 Å². The van der Waals surface area contributed by atoms with Crippen LogP contribution in [-0.2, 0) is 0 Å². The van der Waals surface area contributed by atoms with Crippen LogP contribution in [0, 0.1) is 5.82 Å². The summed E-state index contributed by atoms with van der Waals surface area (Å²) in [7, 11) is 0. The van der Waals surface area contributed by atoms with E-state index in [1.165, 1.54) is 6.07 Å². The van der Waals surface area contributed by atoms with E-state index in [9.17, 15) is 22.0 Å². The fourth-order valence-corrected chi connectivity index (χ4v) is 1.08. The smallest absolute Gasteiger partial charge is 0.449 e. The SMILES string of the molecule is Fc1cc(Br)ccc1OC(F)C(F)(F)F. The molecule has 0 aromatic heterocycles. The van der Waals surface area contributed by atoms with E-state index in [4.69, 9.17) is 0 Å². The van der Waals surface area contributed by atoms with Crippen LogP contribution in [0.3, 0.4) is 0 Å². The molecule has 1 aromatic rings. The van der Waals surface area contributed by atoms with Crippen molar-refractivity contribution in [1.29, 1.82) is 0 Å². The molecule has 0 saturated heterocycles. The average Bonchev–Trinajstić information content (AvgIpc) is 2.08. The van der Waals surface area contributed by atoms with Gasteiger partial charge in [0, 0.05) is 4.47 Å². The largest absolute Gasteiger partial charge is 0.457 e. The predicted molar refractivity (Wildman–Crippen MR) is 45.7 cm³/mol. The van der Waals surface area contributed by atoms with Gasteiger partial charge in [-0.3, -0.25) is 0 Å². The second kappa shape index (κ2) is 4.34. The summed E-state index contributed by atoms with van der Waals surface area (Å²) in [4.78, 5) is 0. The molecule has 1 unspecified atom stereocenters. The zero-order valence-electron chi connectivity index (χ0n) is 6.99. The van der Waals surface area contributed by atoms with Crippen molar-refractivity contribution in [2.75, 3.05) is 0 Å². The predicted octanol–water partition coefficient (Wildman–Crippen LogP) is 3.82. The van der Waals surface area contributed by atoms with Crippen molar-refractivity contribution in [3.63, 3.8) is 0 Å². The van der Waals surface area contributed by atoms with Crippen molar-refractivity contribution in [3.05, 3.63) is 28.5 Å². The van der Waals surface area contributed by atoms with E-state index < -0.39 is 24.1 Å². The molecular formula is C8H4BrF5O. The minimum atomic E-state index is -5.17. The Hall–Kier alpha value is -0.850. The number of hydrogen-bond acceptors (Lipinski definition) is 1. The van der Waals surface area contributed by atoms with Crippen LogP contribution in [0.5, 0.6) is 5.75 Å². The first-order chi connectivity index (χ1) is 6.80. The van der Waals surface area contributed by atoms with Crippen LogP contribution in [0.1, 0.15) is 0 Å².